The van der Waals surface area contributed by atoms with Gasteiger partial charge in [-0.15, -0.1) is 0 Å². The molecule has 6 nitrogen and oxygen atoms in total. The van der Waals surface area contributed by atoms with Crippen molar-refractivity contribution < 1.29 is 13.9 Å². The van der Waals surface area contributed by atoms with E-state index in [9.17, 15) is 4.79 Å². The Hall–Kier alpha value is -3.02. The van der Waals surface area contributed by atoms with Gasteiger partial charge in [0.2, 0.25) is 0 Å². The van der Waals surface area contributed by atoms with Crippen molar-refractivity contribution in [3.05, 3.63) is 71.4 Å². The second-order valence-corrected chi connectivity index (χ2v) is 6.44. The summed E-state index contributed by atoms with van der Waals surface area (Å²) in [5.41, 5.74) is 2.40. The Kier molecular flexibility index (Phi) is 6.30. The molecule has 0 spiro atoms. The number of benzene rings is 1. The summed E-state index contributed by atoms with van der Waals surface area (Å²) in [4.78, 5) is 12.2. The van der Waals surface area contributed by atoms with Gasteiger partial charge in [0, 0.05) is 19.3 Å². The van der Waals surface area contributed by atoms with E-state index in [1.807, 2.05) is 48.3 Å². The largest absolute Gasteiger partial charge is 0.486 e. The molecule has 3 rings (SSSR count). The number of furan rings is 1. The van der Waals surface area contributed by atoms with Gasteiger partial charge < -0.3 is 14.5 Å². The van der Waals surface area contributed by atoms with Crippen molar-refractivity contribution in [3.8, 4) is 5.75 Å². The molecule has 0 fully saturated rings. The second-order valence-electron chi connectivity index (χ2n) is 6.44. The number of rotatable bonds is 9. The summed E-state index contributed by atoms with van der Waals surface area (Å²) in [5, 5.41) is 7.08. The first-order valence-electron chi connectivity index (χ1n) is 9.21. The lowest BCUT2D eigenvalue weighted by Gasteiger charge is -2.05. The third kappa shape index (κ3) is 5.48. The zero-order valence-electron chi connectivity index (χ0n) is 15.8. The Bertz CT molecular complexity index is 865. The van der Waals surface area contributed by atoms with Crippen molar-refractivity contribution in [3.63, 3.8) is 0 Å². The molecule has 2 heterocycles. The van der Waals surface area contributed by atoms with Crippen molar-refractivity contribution >= 4 is 5.91 Å². The van der Waals surface area contributed by atoms with Gasteiger partial charge in [0.25, 0.3) is 5.91 Å². The molecule has 1 aromatic carbocycles. The fourth-order valence-corrected chi connectivity index (χ4v) is 2.67. The molecule has 27 heavy (non-hydrogen) atoms. The third-order valence-corrected chi connectivity index (χ3v) is 4.21. The summed E-state index contributed by atoms with van der Waals surface area (Å²) in [6, 6.07) is 11.4. The number of aromatic nitrogens is 2. The number of nitrogens with one attached hydrogen (secondary N) is 1. The maximum Gasteiger partial charge on any atom is 0.286 e. The van der Waals surface area contributed by atoms with Crippen LogP contribution in [0, 0.1) is 6.92 Å². The van der Waals surface area contributed by atoms with Crippen molar-refractivity contribution in [2.45, 2.75) is 39.8 Å². The maximum atomic E-state index is 12.2. The number of hydrogen-bond acceptors (Lipinski definition) is 4. The van der Waals surface area contributed by atoms with Crippen molar-refractivity contribution in [2.24, 2.45) is 0 Å². The summed E-state index contributed by atoms with van der Waals surface area (Å²) in [7, 11) is 0. The maximum absolute atomic E-state index is 12.2. The monoisotopic (exact) mass is 367 g/mol. The van der Waals surface area contributed by atoms with Crippen LogP contribution >= 0.6 is 0 Å². The van der Waals surface area contributed by atoms with E-state index in [1.54, 1.807) is 12.1 Å². The summed E-state index contributed by atoms with van der Waals surface area (Å²) < 4.78 is 13.1. The predicted octanol–water partition coefficient (Wildman–Crippen LogP) is 3.75. The van der Waals surface area contributed by atoms with Crippen LogP contribution in [0.2, 0.25) is 0 Å². The fraction of sp³-hybridized carbons (Fsp3) is 0.333. The van der Waals surface area contributed by atoms with Crippen LogP contribution in [-0.4, -0.2) is 22.2 Å². The zero-order chi connectivity index (χ0) is 19.1. The van der Waals surface area contributed by atoms with E-state index in [0.29, 0.717) is 18.1 Å². The van der Waals surface area contributed by atoms with Crippen molar-refractivity contribution in [1.82, 2.24) is 15.1 Å². The molecule has 1 amide bonds. The normalized spacial score (nSPS) is 10.7. The van der Waals surface area contributed by atoms with Crippen LogP contribution in [0.4, 0.5) is 0 Å². The van der Waals surface area contributed by atoms with Crippen LogP contribution in [-0.2, 0) is 19.6 Å². The highest BCUT2D eigenvalue weighted by atomic mass is 16.5. The molecule has 0 saturated carbocycles. The first-order valence-corrected chi connectivity index (χ1v) is 9.21. The van der Waals surface area contributed by atoms with E-state index in [4.69, 9.17) is 9.15 Å². The topological polar surface area (TPSA) is 69.3 Å². The zero-order valence-corrected chi connectivity index (χ0v) is 15.8. The van der Waals surface area contributed by atoms with Crippen molar-refractivity contribution in [1.29, 1.82) is 0 Å². The Balaban J connectivity index is 1.41. The van der Waals surface area contributed by atoms with Gasteiger partial charge in [-0.3, -0.25) is 9.48 Å². The molecule has 0 aliphatic rings. The van der Waals surface area contributed by atoms with Gasteiger partial charge in [0.05, 0.1) is 6.20 Å². The number of carbonyl (C=O) groups is 1. The second kappa shape index (κ2) is 9.07. The summed E-state index contributed by atoms with van der Waals surface area (Å²) in [5.74, 6) is 1.48. The van der Waals surface area contributed by atoms with E-state index in [-0.39, 0.29) is 12.5 Å². The molecule has 0 radical (unpaired) electrons. The number of ether oxygens (including phenoxy) is 1. The van der Waals surface area contributed by atoms with Gasteiger partial charge in [-0.1, -0.05) is 19.1 Å². The Morgan fingerprint density at radius 2 is 2.04 bits per heavy atom. The van der Waals surface area contributed by atoms with Crippen LogP contribution in [0.5, 0.6) is 5.75 Å². The highest BCUT2D eigenvalue weighted by molar-refractivity contribution is 5.91. The molecule has 3 aromatic rings. The molecule has 142 valence electrons. The van der Waals surface area contributed by atoms with Crippen LogP contribution < -0.4 is 10.1 Å². The van der Waals surface area contributed by atoms with Crippen LogP contribution in [0.3, 0.4) is 0 Å². The van der Waals surface area contributed by atoms with Crippen LogP contribution in [0.25, 0.3) is 0 Å². The summed E-state index contributed by atoms with van der Waals surface area (Å²) >= 11 is 0. The average Bonchev–Trinajstić information content (AvgIpc) is 3.33. The lowest BCUT2D eigenvalue weighted by molar-refractivity contribution is 0.0921. The molecule has 0 bridgehead atoms. The molecular weight excluding hydrogens is 342 g/mol. The first kappa shape index (κ1) is 18.8. The van der Waals surface area contributed by atoms with Gasteiger partial charge in [-0.2, -0.15) is 5.10 Å². The van der Waals surface area contributed by atoms with Crippen LogP contribution in [0.1, 0.15) is 40.8 Å². The average molecular weight is 367 g/mol. The number of hydrogen-bond donors (Lipinski definition) is 1. The molecule has 0 aliphatic heterocycles. The number of carbonyl (C=O) groups excluding carboxylic acids is 1. The minimum Gasteiger partial charge on any atom is -0.486 e. The lowest BCUT2D eigenvalue weighted by atomic mass is 10.2. The van der Waals surface area contributed by atoms with E-state index >= 15 is 0 Å². The van der Waals surface area contributed by atoms with E-state index in [0.717, 1.165) is 30.7 Å². The highest BCUT2D eigenvalue weighted by Gasteiger charge is 2.11. The number of amides is 1. The molecule has 6 heteroatoms. The molecule has 0 saturated heterocycles. The van der Waals surface area contributed by atoms with Crippen LogP contribution in [0.15, 0.2) is 53.2 Å². The molecule has 2 aromatic heterocycles. The Morgan fingerprint density at radius 3 is 2.74 bits per heavy atom. The van der Waals surface area contributed by atoms with Gasteiger partial charge >= 0.3 is 0 Å². The Labute approximate surface area is 159 Å². The SMILES string of the molecule is CCc1ccc(OCc2ccc(C(=O)NCCCn3cc(C)cn3)o2)cc1. The van der Waals surface area contributed by atoms with E-state index in [1.165, 1.54) is 5.56 Å². The fourth-order valence-electron chi connectivity index (χ4n) is 2.67. The molecule has 0 atom stereocenters. The standard InChI is InChI=1S/C21H25N3O3/c1-3-17-5-7-18(8-6-17)26-15-19-9-10-20(27-19)21(25)22-11-4-12-24-14-16(2)13-23-24/h5-10,13-14H,3-4,11-12,15H2,1-2H3,(H,22,25). The number of aryl methyl sites for hydroxylation is 3. The van der Waals surface area contributed by atoms with E-state index in [2.05, 4.69) is 17.3 Å². The molecular formula is C21H25N3O3. The smallest absolute Gasteiger partial charge is 0.286 e. The number of nitrogens with zero attached hydrogens (tertiary/aromatic N) is 2. The minimum atomic E-state index is -0.217. The van der Waals surface area contributed by atoms with Gasteiger partial charge in [-0.05, 0) is 55.2 Å². The summed E-state index contributed by atoms with van der Waals surface area (Å²) in [6.07, 6.45) is 5.61. The van der Waals surface area contributed by atoms with Crippen molar-refractivity contribution in [2.75, 3.05) is 6.54 Å². The lowest BCUT2D eigenvalue weighted by Crippen LogP contribution is -2.24. The molecule has 1 N–H and O–H groups in total. The van der Waals surface area contributed by atoms with E-state index < -0.39 is 0 Å². The van der Waals surface area contributed by atoms with Gasteiger partial charge in [-0.25, -0.2) is 0 Å². The Morgan fingerprint density at radius 1 is 1.22 bits per heavy atom. The minimum absolute atomic E-state index is 0.217. The quantitative estimate of drug-likeness (QED) is 0.585. The summed E-state index contributed by atoms with van der Waals surface area (Å²) in [6.45, 7) is 5.74. The molecule has 0 unspecified atom stereocenters. The van der Waals surface area contributed by atoms with Gasteiger partial charge in [0.15, 0.2) is 5.76 Å². The predicted molar refractivity (Wildman–Crippen MR) is 103 cm³/mol. The highest BCUT2D eigenvalue weighted by Crippen LogP contribution is 2.16. The third-order valence-electron chi connectivity index (χ3n) is 4.21. The van der Waals surface area contributed by atoms with Gasteiger partial charge in [0.1, 0.15) is 18.1 Å². The first-order chi connectivity index (χ1) is 13.1. The molecule has 0 aliphatic carbocycles.